The van der Waals surface area contributed by atoms with Gasteiger partial charge >= 0.3 is 5.97 Å². The van der Waals surface area contributed by atoms with Crippen molar-refractivity contribution >= 4 is 11.9 Å². The van der Waals surface area contributed by atoms with Crippen LogP contribution in [0, 0.1) is 17.8 Å². The molecule has 18 nitrogen and oxygen atoms in total. The van der Waals surface area contributed by atoms with Gasteiger partial charge in [0.2, 0.25) is 5.91 Å². The molecule has 3 heterocycles. The molecule has 13 N–H and O–H groups in total. The number of aliphatic hydroxyl groups excluding tert-OH is 9. The number of fused-ring (bicyclic) bond motifs is 2. The summed E-state index contributed by atoms with van der Waals surface area (Å²) in [5.74, 6) is -4.62. The number of carbonyl (C=O) groups is 2. The van der Waals surface area contributed by atoms with Crippen molar-refractivity contribution < 1.29 is 79.6 Å². The van der Waals surface area contributed by atoms with Crippen LogP contribution in [-0.4, -0.2) is 167 Å². The number of nitrogens with one attached hydrogen (secondary N) is 1. The first-order valence-electron chi connectivity index (χ1n) is 23.5. The highest BCUT2D eigenvalue weighted by Crippen LogP contribution is 2.38. The fourth-order valence-electron chi connectivity index (χ4n) is 8.20. The van der Waals surface area contributed by atoms with Crippen molar-refractivity contribution in [3.63, 3.8) is 0 Å². The van der Waals surface area contributed by atoms with E-state index in [0.717, 1.165) is 12.8 Å². The SMILES string of the molecule is C[C@H]1C[C@H](O)[C@@H](C)/C=C/C=C/C=C/C=C/C=C/C=C/C=C/C(O[C@@H]2OC[C@@H](O)[C@H](N)[C@@H]2O)C[C@@H]2OC(O)(CC(O)CC(O)C(O)CCC(O)CC(O)CC(=O)O1)C[C@H](O)C2C(=O)NCC1CC1. The van der Waals surface area contributed by atoms with Crippen molar-refractivity contribution in [1.29, 1.82) is 0 Å². The molecule has 2 saturated heterocycles. The molecule has 0 spiro atoms. The van der Waals surface area contributed by atoms with E-state index >= 15 is 0 Å². The van der Waals surface area contributed by atoms with E-state index in [0.29, 0.717) is 12.5 Å². The molecule has 2 bridgehead atoms. The second-order valence-corrected chi connectivity index (χ2v) is 18.5. The summed E-state index contributed by atoms with van der Waals surface area (Å²) in [7, 11) is 0. The second-order valence-electron chi connectivity index (χ2n) is 18.5. The summed E-state index contributed by atoms with van der Waals surface area (Å²) in [5.41, 5.74) is 6.01. The molecule has 4 aliphatic rings. The first-order chi connectivity index (χ1) is 31.8. The van der Waals surface area contributed by atoms with Crippen LogP contribution in [0.15, 0.2) is 85.1 Å². The van der Waals surface area contributed by atoms with Gasteiger partial charge in [-0.25, -0.2) is 0 Å². The maximum absolute atomic E-state index is 13.7. The number of amides is 1. The molecule has 67 heavy (non-hydrogen) atoms. The first-order valence-corrected chi connectivity index (χ1v) is 23.5. The van der Waals surface area contributed by atoms with Crippen LogP contribution in [0.5, 0.6) is 0 Å². The van der Waals surface area contributed by atoms with Gasteiger partial charge in [-0.15, -0.1) is 0 Å². The average molecular weight is 949 g/mol. The number of rotatable bonds is 5. The van der Waals surface area contributed by atoms with Crippen molar-refractivity contribution in [3.8, 4) is 0 Å². The van der Waals surface area contributed by atoms with E-state index in [1.807, 2.05) is 49.5 Å². The lowest BCUT2D eigenvalue weighted by atomic mass is 9.82. The van der Waals surface area contributed by atoms with Gasteiger partial charge in [-0.2, -0.15) is 0 Å². The van der Waals surface area contributed by atoms with Crippen molar-refractivity contribution in [2.24, 2.45) is 23.5 Å². The predicted molar refractivity (Wildman–Crippen MR) is 246 cm³/mol. The smallest absolute Gasteiger partial charge is 0.308 e. The van der Waals surface area contributed by atoms with Gasteiger partial charge in [0.15, 0.2) is 12.1 Å². The van der Waals surface area contributed by atoms with Gasteiger partial charge in [0, 0.05) is 44.6 Å². The fourth-order valence-corrected chi connectivity index (χ4v) is 8.20. The largest absolute Gasteiger partial charge is 0.462 e. The van der Waals surface area contributed by atoms with Crippen LogP contribution >= 0.6 is 0 Å². The summed E-state index contributed by atoms with van der Waals surface area (Å²) in [6.07, 6.45) is 8.31. The molecular formula is C49H76N2O16. The number of carbonyl (C=O) groups excluding carboxylic acids is 2. The van der Waals surface area contributed by atoms with Crippen LogP contribution in [0.3, 0.4) is 0 Å². The molecule has 3 fully saturated rings. The highest BCUT2D eigenvalue weighted by Gasteiger charge is 2.50. The molecular weight excluding hydrogens is 873 g/mol. The lowest BCUT2D eigenvalue weighted by Crippen LogP contribution is -2.59. The Morgan fingerprint density at radius 2 is 1.31 bits per heavy atom. The topological polar surface area (TPSA) is 311 Å². The Labute approximate surface area is 393 Å². The third kappa shape index (κ3) is 20.2. The van der Waals surface area contributed by atoms with Crippen LogP contribution < -0.4 is 11.1 Å². The molecule has 1 amide bonds. The van der Waals surface area contributed by atoms with Gasteiger partial charge in [0.1, 0.15) is 12.2 Å². The highest BCUT2D eigenvalue weighted by molar-refractivity contribution is 5.80. The van der Waals surface area contributed by atoms with Crippen molar-refractivity contribution in [3.05, 3.63) is 85.1 Å². The van der Waals surface area contributed by atoms with Gasteiger partial charge in [-0.05, 0) is 44.9 Å². The molecule has 0 aromatic carbocycles. The molecule has 0 aromatic rings. The van der Waals surface area contributed by atoms with E-state index < -0.39 is 135 Å². The molecule has 4 rings (SSSR count). The van der Waals surface area contributed by atoms with E-state index in [1.54, 1.807) is 49.5 Å². The molecule has 378 valence electrons. The summed E-state index contributed by atoms with van der Waals surface area (Å²) in [4.78, 5) is 26.2. The van der Waals surface area contributed by atoms with Gasteiger partial charge in [-0.3, -0.25) is 9.59 Å². The highest BCUT2D eigenvalue weighted by atomic mass is 16.7. The Morgan fingerprint density at radius 1 is 0.701 bits per heavy atom. The summed E-state index contributed by atoms with van der Waals surface area (Å²) >= 11 is 0. The minimum absolute atomic E-state index is 0.0817. The number of esters is 1. The van der Waals surface area contributed by atoms with Crippen LogP contribution in [-0.2, 0) is 28.5 Å². The molecule has 0 radical (unpaired) electrons. The maximum atomic E-state index is 13.7. The minimum Gasteiger partial charge on any atom is -0.462 e. The molecule has 1 saturated carbocycles. The summed E-state index contributed by atoms with van der Waals surface area (Å²) in [5, 5.41) is 112. The Kier molecular flexibility index (Phi) is 23.7. The third-order valence-corrected chi connectivity index (χ3v) is 12.3. The van der Waals surface area contributed by atoms with Crippen molar-refractivity contribution in [2.45, 2.75) is 176 Å². The Morgan fingerprint density at radius 3 is 1.94 bits per heavy atom. The average Bonchev–Trinajstić information content (AvgIpc) is 4.08. The molecule has 18 heteroatoms. The zero-order chi connectivity index (χ0) is 49.1. The van der Waals surface area contributed by atoms with Gasteiger partial charge in [-0.1, -0.05) is 92.0 Å². The summed E-state index contributed by atoms with van der Waals surface area (Å²) in [6, 6.07) is -1.09. The van der Waals surface area contributed by atoms with E-state index in [9.17, 15) is 60.7 Å². The van der Waals surface area contributed by atoms with E-state index in [1.165, 1.54) is 0 Å². The van der Waals surface area contributed by atoms with E-state index in [-0.39, 0.29) is 44.6 Å². The number of aliphatic hydroxyl groups is 10. The molecule has 1 aliphatic carbocycles. The Balaban J connectivity index is 1.55. The maximum Gasteiger partial charge on any atom is 0.308 e. The lowest BCUT2D eigenvalue weighted by Gasteiger charge is -2.45. The normalized spacial score (nSPS) is 43.3. The molecule has 3 aliphatic heterocycles. The van der Waals surface area contributed by atoms with E-state index in [4.69, 9.17) is 24.7 Å². The van der Waals surface area contributed by atoms with Gasteiger partial charge < -0.3 is 81.1 Å². The minimum atomic E-state index is -2.23. The number of nitrogens with two attached hydrogens (primary N) is 1. The molecule has 0 aromatic heterocycles. The number of ether oxygens (including phenoxy) is 4. The standard InChI is InChI=1S/C49H76N2O16/c1-30-15-13-11-9-7-5-3-4-6-8-10-12-14-16-36(66-48-46(61)45(50)41(59)29-64-48)25-42-44(47(62)51-28-32-17-18-32)40(58)27-49(63,67-42)26-35(54)23-39(57)37(55)20-19-33(52)22-34(53)24-43(60)65-31(2)21-38(30)56/h3-16,30-42,44-46,48,52-59,61,63H,17-29,50H2,1-2H3,(H,51,62)/b4-3+,7-5+,8-6+,11-9+,12-10+,15-13+,16-14+/t30-,31-,33?,34?,35?,36?,37?,38-,39?,40-,41+,42-,44?,45-,46-,48-,49?/m0/s1. The van der Waals surface area contributed by atoms with Crippen LogP contribution in [0.25, 0.3) is 0 Å². The zero-order valence-electron chi connectivity index (χ0n) is 38.6. The van der Waals surface area contributed by atoms with Crippen LogP contribution in [0.1, 0.15) is 84.5 Å². The zero-order valence-corrected chi connectivity index (χ0v) is 38.6. The van der Waals surface area contributed by atoms with Gasteiger partial charge in [0.05, 0.1) is 86.0 Å². The molecule has 8 unspecified atom stereocenters. The first kappa shape index (κ1) is 56.2. The number of hydrogen-bond donors (Lipinski definition) is 12. The quantitative estimate of drug-likeness (QED) is 0.167. The Hall–Kier alpha value is -3.44. The van der Waals surface area contributed by atoms with Crippen LogP contribution in [0.2, 0.25) is 0 Å². The monoisotopic (exact) mass is 949 g/mol. The summed E-state index contributed by atoms with van der Waals surface area (Å²) < 4.78 is 23.3. The second kappa shape index (κ2) is 28.3. The summed E-state index contributed by atoms with van der Waals surface area (Å²) in [6.45, 7) is 3.62. The van der Waals surface area contributed by atoms with Crippen molar-refractivity contribution in [2.75, 3.05) is 13.2 Å². The predicted octanol–water partition coefficient (Wildman–Crippen LogP) is 0.519. The van der Waals surface area contributed by atoms with Crippen molar-refractivity contribution in [1.82, 2.24) is 5.32 Å². The lowest BCUT2D eigenvalue weighted by molar-refractivity contribution is -0.304. The number of cyclic esters (lactones) is 1. The van der Waals surface area contributed by atoms with Crippen LogP contribution in [0.4, 0.5) is 0 Å². The number of allylic oxidation sites excluding steroid dienone is 12. The Bertz CT molecular complexity index is 1720. The fraction of sp³-hybridized carbons (Fsp3) is 0.673. The van der Waals surface area contributed by atoms with Gasteiger partial charge in [0.25, 0.3) is 0 Å². The third-order valence-electron chi connectivity index (χ3n) is 12.3. The van der Waals surface area contributed by atoms with E-state index in [2.05, 4.69) is 5.32 Å². The molecule has 17 atom stereocenters. The number of hydrogen-bond acceptors (Lipinski definition) is 17.